The Morgan fingerprint density at radius 2 is 2.10 bits per heavy atom. The summed E-state index contributed by atoms with van der Waals surface area (Å²) in [5.41, 5.74) is 5.74. The fourth-order valence-electron chi connectivity index (χ4n) is 3.08. The van der Waals surface area contributed by atoms with Crippen molar-refractivity contribution >= 4 is 0 Å². The van der Waals surface area contributed by atoms with E-state index in [1.54, 1.807) is 0 Å². The molecule has 3 N–H and O–H groups in total. The highest BCUT2D eigenvalue weighted by molar-refractivity contribution is 5.31. The lowest BCUT2D eigenvalue weighted by Gasteiger charge is -2.30. The Morgan fingerprint density at radius 1 is 1.33 bits per heavy atom. The molecular formula is C17H29N3O. The zero-order valence-electron chi connectivity index (χ0n) is 13.3. The van der Waals surface area contributed by atoms with Crippen LogP contribution in [0.3, 0.4) is 0 Å². The molecule has 0 radical (unpaired) electrons. The zero-order chi connectivity index (χ0) is 15.1. The van der Waals surface area contributed by atoms with E-state index in [1.807, 2.05) is 0 Å². The Balaban J connectivity index is 1.93. The van der Waals surface area contributed by atoms with Gasteiger partial charge in [-0.3, -0.25) is 11.3 Å². The lowest BCUT2D eigenvalue weighted by molar-refractivity contribution is 0.0281. The van der Waals surface area contributed by atoms with Crippen LogP contribution in [0.25, 0.3) is 0 Å². The van der Waals surface area contributed by atoms with E-state index < -0.39 is 0 Å². The monoisotopic (exact) mass is 291 g/mol. The Morgan fingerprint density at radius 3 is 2.81 bits per heavy atom. The number of ether oxygens (including phenoxy) is 1. The number of benzene rings is 1. The second-order valence-electron chi connectivity index (χ2n) is 5.72. The number of fused-ring (bicyclic) bond motifs is 1. The third-order valence-electron chi connectivity index (χ3n) is 4.51. The van der Waals surface area contributed by atoms with E-state index >= 15 is 0 Å². The van der Waals surface area contributed by atoms with Crippen LogP contribution in [-0.2, 0) is 11.2 Å². The van der Waals surface area contributed by atoms with Gasteiger partial charge in [0.2, 0.25) is 0 Å². The molecule has 21 heavy (non-hydrogen) atoms. The van der Waals surface area contributed by atoms with Crippen LogP contribution in [0, 0.1) is 0 Å². The molecule has 2 atom stereocenters. The van der Waals surface area contributed by atoms with Gasteiger partial charge in [-0.05, 0) is 50.0 Å². The summed E-state index contributed by atoms with van der Waals surface area (Å²) in [5, 5.41) is 0. The summed E-state index contributed by atoms with van der Waals surface area (Å²) in [5.74, 6) is 5.75. The van der Waals surface area contributed by atoms with E-state index in [0.717, 1.165) is 45.5 Å². The number of nitrogens with zero attached hydrogens (tertiary/aromatic N) is 1. The first-order valence-corrected chi connectivity index (χ1v) is 8.16. The molecule has 1 aromatic carbocycles. The van der Waals surface area contributed by atoms with E-state index in [0.29, 0.717) is 6.04 Å². The van der Waals surface area contributed by atoms with Gasteiger partial charge in [-0.1, -0.05) is 38.1 Å². The molecule has 4 heteroatoms. The fourth-order valence-corrected chi connectivity index (χ4v) is 3.08. The molecule has 0 aliphatic carbocycles. The second kappa shape index (κ2) is 8.49. The van der Waals surface area contributed by atoms with Crippen molar-refractivity contribution in [2.24, 2.45) is 5.84 Å². The maximum atomic E-state index is 5.99. The van der Waals surface area contributed by atoms with Crippen molar-refractivity contribution in [3.8, 4) is 0 Å². The number of hydrazine groups is 1. The van der Waals surface area contributed by atoms with Crippen molar-refractivity contribution in [1.29, 1.82) is 0 Å². The molecule has 1 aliphatic rings. The SMILES string of the molecule is CCN(CC)CCC(CC1OCCc2ccccc21)NN. The van der Waals surface area contributed by atoms with Gasteiger partial charge >= 0.3 is 0 Å². The molecule has 0 bridgehead atoms. The highest BCUT2D eigenvalue weighted by atomic mass is 16.5. The molecule has 0 fully saturated rings. The molecule has 2 rings (SSSR count). The van der Waals surface area contributed by atoms with E-state index in [9.17, 15) is 0 Å². The van der Waals surface area contributed by atoms with E-state index in [2.05, 4.69) is 48.4 Å². The molecule has 0 aromatic heterocycles. The lowest BCUT2D eigenvalue weighted by atomic mass is 9.93. The molecule has 4 nitrogen and oxygen atoms in total. The summed E-state index contributed by atoms with van der Waals surface area (Å²) in [6.45, 7) is 8.49. The van der Waals surface area contributed by atoms with Gasteiger partial charge in [0.05, 0.1) is 12.7 Å². The molecule has 1 heterocycles. The molecular weight excluding hydrogens is 262 g/mol. The molecule has 0 amide bonds. The third kappa shape index (κ3) is 4.51. The average molecular weight is 291 g/mol. The summed E-state index contributed by atoms with van der Waals surface area (Å²) in [7, 11) is 0. The topological polar surface area (TPSA) is 50.5 Å². The summed E-state index contributed by atoms with van der Waals surface area (Å²) in [6, 6.07) is 8.91. The standard InChI is InChI=1S/C17H29N3O/c1-3-20(4-2)11-9-15(19-18)13-17-16-8-6-5-7-14(16)10-12-21-17/h5-8,15,17,19H,3-4,9-13,18H2,1-2H3. The van der Waals surface area contributed by atoms with Crippen LogP contribution in [0.5, 0.6) is 0 Å². The van der Waals surface area contributed by atoms with E-state index in [4.69, 9.17) is 10.6 Å². The highest BCUT2D eigenvalue weighted by Crippen LogP contribution is 2.30. The summed E-state index contributed by atoms with van der Waals surface area (Å²) in [6.07, 6.45) is 3.19. The normalized spacial score (nSPS) is 19.5. The average Bonchev–Trinajstić information content (AvgIpc) is 2.54. The molecule has 1 aromatic rings. The first-order valence-electron chi connectivity index (χ1n) is 8.16. The van der Waals surface area contributed by atoms with Crippen molar-refractivity contribution in [2.45, 2.75) is 45.3 Å². The Kier molecular flexibility index (Phi) is 6.64. The van der Waals surface area contributed by atoms with Gasteiger partial charge in [-0.15, -0.1) is 0 Å². The Labute approximate surface area is 128 Å². The minimum absolute atomic E-state index is 0.174. The Bertz CT molecular complexity index is 420. The number of nitrogens with one attached hydrogen (secondary N) is 1. The van der Waals surface area contributed by atoms with Gasteiger partial charge in [0, 0.05) is 6.04 Å². The summed E-state index contributed by atoms with van der Waals surface area (Å²) < 4.78 is 5.99. The maximum Gasteiger partial charge on any atom is 0.0843 e. The summed E-state index contributed by atoms with van der Waals surface area (Å²) in [4.78, 5) is 2.43. The lowest BCUT2D eigenvalue weighted by Crippen LogP contribution is -2.40. The van der Waals surface area contributed by atoms with Crippen molar-refractivity contribution < 1.29 is 4.74 Å². The van der Waals surface area contributed by atoms with Gasteiger partial charge in [-0.2, -0.15) is 0 Å². The number of hydrogen-bond acceptors (Lipinski definition) is 4. The maximum absolute atomic E-state index is 5.99. The quantitative estimate of drug-likeness (QED) is 0.570. The smallest absolute Gasteiger partial charge is 0.0843 e. The predicted molar refractivity (Wildman–Crippen MR) is 87.0 cm³/mol. The molecule has 118 valence electrons. The minimum Gasteiger partial charge on any atom is -0.373 e. The third-order valence-corrected chi connectivity index (χ3v) is 4.51. The van der Waals surface area contributed by atoms with Crippen LogP contribution in [-0.4, -0.2) is 37.2 Å². The van der Waals surface area contributed by atoms with E-state index in [-0.39, 0.29) is 6.10 Å². The van der Waals surface area contributed by atoms with E-state index in [1.165, 1.54) is 11.1 Å². The van der Waals surface area contributed by atoms with Crippen LogP contribution < -0.4 is 11.3 Å². The second-order valence-corrected chi connectivity index (χ2v) is 5.72. The van der Waals surface area contributed by atoms with Crippen molar-refractivity contribution in [1.82, 2.24) is 10.3 Å². The van der Waals surface area contributed by atoms with Crippen LogP contribution in [0.15, 0.2) is 24.3 Å². The molecule has 1 aliphatic heterocycles. The van der Waals surface area contributed by atoms with Crippen LogP contribution in [0.4, 0.5) is 0 Å². The largest absolute Gasteiger partial charge is 0.373 e. The molecule has 0 saturated heterocycles. The van der Waals surface area contributed by atoms with Gasteiger partial charge in [0.15, 0.2) is 0 Å². The van der Waals surface area contributed by atoms with Crippen molar-refractivity contribution in [3.05, 3.63) is 35.4 Å². The summed E-state index contributed by atoms with van der Waals surface area (Å²) >= 11 is 0. The first-order chi connectivity index (χ1) is 10.3. The molecule has 2 unspecified atom stereocenters. The van der Waals surface area contributed by atoms with Gasteiger partial charge in [-0.25, -0.2) is 0 Å². The first kappa shape index (κ1) is 16.4. The minimum atomic E-state index is 0.174. The van der Waals surface area contributed by atoms with Crippen LogP contribution in [0.2, 0.25) is 0 Å². The van der Waals surface area contributed by atoms with Crippen LogP contribution >= 0.6 is 0 Å². The van der Waals surface area contributed by atoms with Gasteiger partial charge in [0.1, 0.15) is 0 Å². The van der Waals surface area contributed by atoms with Gasteiger partial charge < -0.3 is 9.64 Å². The number of hydrogen-bond donors (Lipinski definition) is 2. The highest BCUT2D eigenvalue weighted by Gasteiger charge is 2.23. The number of rotatable bonds is 8. The zero-order valence-corrected chi connectivity index (χ0v) is 13.3. The molecule has 0 saturated carbocycles. The van der Waals surface area contributed by atoms with Crippen LogP contribution in [0.1, 0.15) is 43.9 Å². The predicted octanol–water partition coefficient (Wildman–Crippen LogP) is 2.25. The fraction of sp³-hybridized carbons (Fsp3) is 0.647. The van der Waals surface area contributed by atoms with Crippen molar-refractivity contribution in [2.75, 3.05) is 26.2 Å². The van der Waals surface area contributed by atoms with Crippen molar-refractivity contribution in [3.63, 3.8) is 0 Å². The van der Waals surface area contributed by atoms with Gasteiger partial charge in [0.25, 0.3) is 0 Å². The Hall–Kier alpha value is -0.940. The number of nitrogens with two attached hydrogens (primary N) is 1. The molecule has 0 spiro atoms.